The number of halogens is 3. The largest absolute Gasteiger partial charge is 0.394 e. The molecule has 2 fully saturated rings. The molecule has 5 unspecified atom stereocenters. The number of aliphatic hydroxyl groups is 2. The molecular weight excluding hydrogens is 529 g/mol. The summed E-state index contributed by atoms with van der Waals surface area (Å²) < 4.78 is 38.6. The van der Waals surface area contributed by atoms with Crippen LogP contribution in [0.2, 0.25) is 0 Å². The lowest BCUT2D eigenvalue weighted by Gasteiger charge is -2.44. The van der Waals surface area contributed by atoms with Gasteiger partial charge in [0.2, 0.25) is 0 Å². The van der Waals surface area contributed by atoms with Crippen LogP contribution in [-0.4, -0.2) is 87.1 Å². The topological polar surface area (TPSA) is 109 Å². The number of nitriles is 1. The van der Waals surface area contributed by atoms with Crippen LogP contribution in [0.4, 0.5) is 19.0 Å². The van der Waals surface area contributed by atoms with E-state index in [-0.39, 0.29) is 36.0 Å². The molecule has 2 aliphatic heterocycles. The van der Waals surface area contributed by atoms with Crippen LogP contribution in [-0.2, 0) is 6.42 Å². The van der Waals surface area contributed by atoms with Gasteiger partial charge in [-0.3, -0.25) is 0 Å². The predicted molar refractivity (Wildman–Crippen MR) is 143 cm³/mol. The number of allylic oxidation sites excluding steroid dienone is 1. The lowest BCUT2D eigenvalue weighted by atomic mass is 9.70. The number of hydrogen-bond acceptors (Lipinski definition) is 9. The zero-order valence-electron chi connectivity index (χ0n) is 21.9. The van der Waals surface area contributed by atoms with Crippen molar-refractivity contribution in [3.8, 4) is 6.07 Å². The van der Waals surface area contributed by atoms with Crippen molar-refractivity contribution in [2.45, 2.75) is 63.4 Å². The van der Waals surface area contributed by atoms with Crippen LogP contribution >= 0.6 is 11.3 Å². The summed E-state index contributed by atoms with van der Waals surface area (Å²) >= 11 is 1.06. The van der Waals surface area contributed by atoms with Gasteiger partial charge < -0.3 is 25.3 Å². The molecule has 1 saturated carbocycles. The fourth-order valence-electron chi connectivity index (χ4n) is 6.56. The summed E-state index contributed by atoms with van der Waals surface area (Å²) in [5, 5.41) is 33.0. The fraction of sp³-hybridized carbons (Fsp3) is 0.667. The summed E-state index contributed by atoms with van der Waals surface area (Å²) in [6.07, 6.45) is 1.26. The molecule has 12 heteroatoms. The third-order valence-corrected chi connectivity index (χ3v) is 9.64. The molecule has 2 aromatic heterocycles. The van der Waals surface area contributed by atoms with Crippen molar-refractivity contribution in [1.82, 2.24) is 19.8 Å². The molecule has 39 heavy (non-hydrogen) atoms. The van der Waals surface area contributed by atoms with E-state index < -0.39 is 18.7 Å². The number of β-amino-alcohol motifs (C(OH)–C–C–N with tert-alkyl or cyclic N) is 1. The van der Waals surface area contributed by atoms with Crippen molar-refractivity contribution >= 4 is 27.4 Å². The van der Waals surface area contributed by atoms with E-state index in [1.807, 2.05) is 4.90 Å². The van der Waals surface area contributed by atoms with Crippen LogP contribution in [0, 0.1) is 29.1 Å². The Morgan fingerprint density at radius 3 is 2.69 bits per heavy atom. The van der Waals surface area contributed by atoms with Crippen molar-refractivity contribution in [3.05, 3.63) is 29.0 Å². The van der Waals surface area contributed by atoms with E-state index >= 15 is 0 Å². The number of aromatic nitrogens is 2. The van der Waals surface area contributed by atoms with Gasteiger partial charge >= 0.3 is 6.18 Å². The maximum absolute atomic E-state index is 12.9. The molecule has 5 rings (SSSR count). The minimum absolute atomic E-state index is 0.195. The number of piperidine rings is 1. The molecule has 0 bridgehead atoms. The van der Waals surface area contributed by atoms with Gasteiger partial charge in [-0.05, 0) is 49.7 Å². The molecule has 1 saturated heterocycles. The van der Waals surface area contributed by atoms with E-state index in [9.17, 15) is 28.6 Å². The number of fused-ring (bicyclic) bond motifs is 2. The minimum atomic E-state index is -4.25. The van der Waals surface area contributed by atoms with Gasteiger partial charge in [0, 0.05) is 49.1 Å². The quantitative estimate of drug-likeness (QED) is 0.445. The summed E-state index contributed by atoms with van der Waals surface area (Å²) in [6, 6.07) is 4.23. The summed E-state index contributed by atoms with van der Waals surface area (Å²) in [5.74, 6) is 1.77. The molecular formula is C27H35F3N6O2S. The Labute approximate surface area is 230 Å². The zero-order valence-corrected chi connectivity index (χ0v) is 22.8. The lowest BCUT2D eigenvalue weighted by Crippen LogP contribution is -2.48. The molecule has 1 aliphatic carbocycles. The number of thiophene rings is 1. The molecule has 3 aliphatic rings. The molecule has 8 nitrogen and oxygen atoms in total. The molecule has 212 valence electrons. The second-order valence-electron chi connectivity index (χ2n) is 11.2. The first-order valence-electron chi connectivity index (χ1n) is 13.6. The molecule has 2 aromatic rings. The van der Waals surface area contributed by atoms with Crippen molar-refractivity contribution in [2.24, 2.45) is 17.8 Å². The van der Waals surface area contributed by atoms with Gasteiger partial charge in [-0.25, -0.2) is 9.97 Å². The molecule has 0 aromatic carbocycles. The molecule has 0 amide bonds. The summed E-state index contributed by atoms with van der Waals surface area (Å²) in [6.45, 7) is 5.09. The number of likely N-dealkylation sites (tertiary alicyclic amines) is 1. The maximum Gasteiger partial charge on any atom is 0.393 e. The number of aliphatic hydroxyl groups excluding tert-OH is 2. The Morgan fingerprint density at radius 2 is 2.00 bits per heavy atom. The predicted octanol–water partition coefficient (Wildman–Crippen LogP) is 3.78. The third kappa shape index (κ3) is 6.32. The highest BCUT2D eigenvalue weighted by Crippen LogP contribution is 2.44. The maximum atomic E-state index is 12.9. The van der Waals surface area contributed by atoms with Crippen LogP contribution in [0.5, 0.6) is 0 Å². The number of nitrogens with one attached hydrogen (secondary N) is 1. The summed E-state index contributed by atoms with van der Waals surface area (Å²) in [7, 11) is 0. The third-order valence-electron chi connectivity index (χ3n) is 8.60. The molecule has 5 atom stereocenters. The second kappa shape index (κ2) is 11.6. The van der Waals surface area contributed by atoms with E-state index in [0.29, 0.717) is 33.6 Å². The Balaban J connectivity index is 1.15. The highest BCUT2D eigenvalue weighted by atomic mass is 32.1. The second-order valence-corrected chi connectivity index (χ2v) is 12.3. The number of alkyl halides is 3. The van der Waals surface area contributed by atoms with Crippen LogP contribution in [0.25, 0.3) is 10.2 Å². The van der Waals surface area contributed by atoms with Gasteiger partial charge in [0.1, 0.15) is 28.7 Å². The summed E-state index contributed by atoms with van der Waals surface area (Å²) in [4.78, 5) is 13.8. The van der Waals surface area contributed by atoms with E-state index in [2.05, 4.69) is 39.3 Å². The SMILES string of the molecule is CC1C(CN2CCC(Nc3ncnc4sc(CC(F)(F)F)cc34)CC2)CCC2C1C=C(C#N)N2CC(O)CO. The number of nitrogens with zero attached hydrogens (tertiary/aromatic N) is 5. The van der Waals surface area contributed by atoms with E-state index in [1.54, 1.807) is 6.07 Å². The van der Waals surface area contributed by atoms with Gasteiger partial charge in [-0.15, -0.1) is 11.3 Å². The average Bonchev–Trinajstić information content (AvgIpc) is 3.47. The average molecular weight is 565 g/mol. The first-order chi connectivity index (χ1) is 18.6. The number of rotatable bonds is 8. The van der Waals surface area contributed by atoms with Gasteiger partial charge in [0.05, 0.1) is 24.5 Å². The number of anilines is 1. The van der Waals surface area contributed by atoms with E-state index in [0.717, 1.165) is 56.7 Å². The van der Waals surface area contributed by atoms with Gasteiger partial charge in [-0.1, -0.05) is 6.92 Å². The Morgan fingerprint density at radius 1 is 1.23 bits per heavy atom. The molecule has 0 spiro atoms. The van der Waals surface area contributed by atoms with Crippen molar-refractivity contribution in [3.63, 3.8) is 0 Å². The molecule has 4 heterocycles. The normalized spacial score (nSPS) is 27.3. The van der Waals surface area contributed by atoms with Crippen LogP contribution in [0.3, 0.4) is 0 Å². The zero-order chi connectivity index (χ0) is 27.7. The Hall–Kier alpha value is -2.46. The van der Waals surface area contributed by atoms with Crippen molar-refractivity contribution in [2.75, 3.05) is 38.1 Å². The Bertz CT molecular complexity index is 1220. The van der Waals surface area contributed by atoms with Crippen LogP contribution in [0.15, 0.2) is 24.2 Å². The Kier molecular flexibility index (Phi) is 8.33. The van der Waals surface area contributed by atoms with Gasteiger partial charge in [-0.2, -0.15) is 18.4 Å². The first kappa shape index (κ1) is 28.1. The summed E-state index contributed by atoms with van der Waals surface area (Å²) in [5.41, 5.74) is 0.604. The van der Waals surface area contributed by atoms with Crippen LogP contribution < -0.4 is 5.32 Å². The standard InChI is InChI=1S/C27H35F3N6O2S/c1-16-17(2-3-24-22(16)8-19(11-31)36(24)13-20(38)14-37)12-35-6-4-18(5-7-35)34-25-23-9-21(10-27(28,29)30)39-26(23)33-15-32-25/h8-9,15-18,20,22,24,37-38H,2-7,10,12-14H2,1H3,(H,32,33,34). The van der Waals surface area contributed by atoms with E-state index in [4.69, 9.17) is 0 Å². The van der Waals surface area contributed by atoms with Crippen LogP contribution in [0.1, 0.15) is 37.5 Å². The highest BCUT2D eigenvalue weighted by molar-refractivity contribution is 7.18. The smallest absolute Gasteiger partial charge is 0.393 e. The molecule has 3 N–H and O–H groups in total. The van der Waals surface area contributed by atoms with E-state index in [1.165, 1.54) is 6.33 Å². The monoisotopic (exact) mass is 564 g/mol. The lowest BCUT2D eigenvalue weighted by molar-refractivity contribution is -0.126. The van der Waals surface area contributed by atoms with Gasteiger partial charge in [0.25, 0.3) is 0 Å². The minimum Gasteiger partial charge on any atom is -0.394 e. The molecule has 0 radical (unpaired) electrons. The van der Waals surface area contributed by atoms with Crippen molar-refractivity contribution in [1.29, 1.82) is 5.26 Å². The fourth-order valence-corrected chi connectivity index (χ4v) is 7.58. The van der Waals surface area contributed by atoms with Crippen molar-refractivity contribution < 1.29 is 23.4 Å². The first-order valence-corrected chi connectivity index (χ1v) is 14.4. The van der Waals surface area contributed by atoms with Gasteiger partial charge in [0.15, 0.2) is 0 Å². The number of hydrogen-bond donors (Lipinski definition) is 3. The highest BCUT2D eigenvalue weighted by Gasteiger charge is 2.44.